The summed E-state index contributed by atoms with van der Waals surface area (Å²) in [6.45, 7) is 0. The molecule has 20 heavy (non-hydrogen) atoms. The number of hydrogen-bond donors (Lipinski definition) is 1. The highest BCUT2D eigenvalue weighted by Crippen LogP contribution is 2.36. The van der Waals surface area contributed by atoms with E-state index in [1.54, 1.807) is 0 Å². The molecule has 4 nitrogen and oxygen atoms in total. The first-order chi connectivity index (χ1) is 9.36. The normalized spacial score (nSPS) is 11.4. The average molecular weight is 305 g/mol. The van der Waals surface area contributed by atoms with E-state index >= 15 is 0 Å². The van der Waals surface area contributed by atoms with Gasteiger partial charge in [-0.25, -0.2) is 4.98 Å². The Bertz CT molecular complexity index is 612. The van der Waals surface area contributed by atoms with Gasteiger partial charge < -0.3 is 9.73 Å². The number of alkyl halides is 3. The molecule has 0 aliphatic rings. The standard InChI is InChI=1S/C12H8ClF3N2O2/c13-7-1-2-10(9(3-7)12(14,15)16)18-11(19)4-8-5-20-6-17-8/h1-3,5-6H,4H2,(H,18,19). The minimum Gasteiger partial charge on any atom is -0.451 e. The maximum atomic E-state index is 12.8. The minimum atomic E-state index is -4.61. The Morgan fingerprint density at radius 3 is 2.75 bits per heavy atom. The maximum Gasteiger partial charge on any atom is 0.418 e. The molecule has 1 aromatic heterocycles. The number of halogens is 4. The number of aromatic nitrogens is 1. The topological polar surface area (TPSA) is 55.1 Å². The second kappa shape index (κ2) is 5.54. The highest BCUT2D eigenvalue weighted by atomic mass is 35.5. The molecule has 0 saturated heterocycles. The predicted octanol–water partition coefficient (Wildman–Crippen LogP) is 3.53. The van der Waals surface area contributed by atoms with Crippen LogP contribution in [-0.2, 0) is 17.4 Å². The SMILES string of the molecule is O=C(Cc1cocn1)Nc1ccc(Cl)cc1C(F)(F)F. The van der Waals surface area contributed by atoms with Crippen molar-refractivity contribution in [2.75, 3.05) is 5.32 Å². The molecule has 0 aliphatic heterocycles. The maximum absolute atomic E-state index is 12.8. The van der Waals surface area contributed by atoms with E-state index in [9.17, 15) is 18.0 Å². The molecule has 0 unspecified atom stereocenters. The van der Waals surface area contributed by atoms with E-state index in [1.165, 1.54) is 12.3 Å². The number of rotatable bonds is 3. The molecule has 2 aromatic rings. The van der Waals surface area contributed by atoms with Crippen LogP contribution in [0.15, 0.2) is 35.3 Å². The van der Waals surface area contributed by atoms with E-state index in [0.29, 0.717) is 5.69 Å². The van der Waals surface area contributed by atoms with Crippen LogP contribution in [0.3, 0.4) is 0 Å². The molecule has 0 aliphatic carbocycles. The van der Waals surface area contributed by atoms with Crippen LogP contribution in [0.2, 0.25) is 5.02 Å². The molecule has 0 spiro atoms. The molecule has 106 valence electrons. The monoisotopic (exact) mass is 304 g/mol. The van der Waals surface area contributed by atoms with Crippen LogP contribution in [-0.4, -0.2) is 10.9 Å². The molecule has 1 heterocycles. The zero-order valence-corrected chi connectivity index (χ0v) is 10.6. The Balaban J connectivity index is 2.19. The Hall–Kier alpha value is -2.02. The van der Waals surface area contributed by atoms with Crippen molar-refractivity contribution in [1.29, 1.82) is 0 Å². The summed E-state index contributed by atoms with van der Waals surface area (Å²) in [5, 5.41) is 2.12. The molecule has 0 fully saturated rings. The van der Waals surface area contributed by atoms with Crippen LogP contribution in [0.4, 0.5) is 18.9 Å². The van der Waals surface area contributed by atoms with Gasteiger partial charge in [0, 0.05) is 5.02 Å². The molecule has 1 aromatic carbocycles. The van der Waals surface area contributed by atoms with E-state index in [4.69, 9.17) is 11.6 Å². The summed E-state index contributed by atoms with van der Waals surface area (Å²) in [5.41, 5.74) is -1.03. The van der Waals surface area contributed by atoms with Crippen molar-refractivity contribution < 1.29 is 22.4 Å². The number of benzene rings is 1. The summed E-state index contributed by atoms with van der Waals surface area (Å²) in [7, 11) is 0. The molecule has 1 amide bonds. The Morgan fingerprint density at radius 2 is 2.15 bits per heavy atom. The number of hydrogen-bond acceptors (Lipinski definition) is 3. The van der Waals surface area contributed by atoms with Crippen molar-refractivity contribution in [3.63, 3.8) is 0 Å². The van der Waals surface area contributed by atoms with Gasteiger partial charge in [0.2, 0.25) is 5.91 Å². The zero-order chi connectivity index (χ0) is 14.8. The third kappa shape index (κ3) is 3.51. The summed E-state index contributed by atoms with van der Waals surface area (Å²) in [5.74, 6) is -0.633. The van der Waals surface area contributed by atoms with E-state index < -0.39 is 17.6 Å². The van der Waals surface area contributed by atoms with Gasteiger partial charge >= 0.3 is 6.18 Å². The smallest absolute Gasteiger partial charge is 0.418 e. The van der Waals surface area contributed by atoms with Crippen LogP contribution < -0.4 is 5.32 Å². The van der Waals surface area contributed by atoms with Crippen molar-refractivity contribution in [2.45, 2.75) is 12.6 Å². The summed E-state index contributed by atoms with van der Waals surface area (Å²) in [6.07, 6.45) is -2.42. The lowest BCUT2D eigenvalue weighted by Crippen LogP contribution is -2.18. The fraction of sp³-hybridized carbons (Fsp3) is 0.167. The largest absolute Gasteiger partial charge is 0.451 e. The first kappa shape index (κ1) is 14.4. The van der Waals surface area contributed by atoms with Gasteiger partial charge in [-0.3, -0.25) is 4.79 Å². The van der Waals surface area contributed by atoms with Crippen LogP contribution in [0.1, 0.15) is 11.3 Å². The predicted molar refractivity (Wildman–Crippen MR) is 65.3 cm³/mol. The molecule has 0 saturated carbocycles. The Kier molecular flexibility index (Phi) is 3.99. The number of nitrogens with one attached hydrogen (secondary N) is 1. The van der Waals surface area contributed by atoms with Crippen molar-refractivity contribution >= 4 is 23.2 Å². The number of carbonyl (C=O) groups excluding carboxylic acids is 1. The van der Waals surface area contributed by atoms with Gasteiger partial charge in [-0.15, -0.1) is 0 Å². The molecule has 8 heteroatoms. The van der Waals surface area contributed by atoms with E-state index in [2.05, 4.69) is 14.7 Å². The third-order valence-electron chi connectivity index (χ3n) is 2.39. The molecule has 2 rings (SSSR count). The lowest BCUT2D eigenvalue weighted by molar-refractivity contribution is -0.137. The van der Waals surface area contributed by atoms with Crippen LogP contribution >= 0.6 is 11.6 Å². The molecular weight excluding hydrogens is 297 g/mol. The number of nitrogens with zero attached hydrogens (tertiary/aromatic N) is 1. The Labute approximate surface area is 116 Å². The number of amides is 1. The van der Waals surface area contributed by atoms with Gasteiger partial charge in [-0.1, -0.05) is 11.6 Å². The van der Waals surface area contributed by atoms with Gasteiger partial charge in [0.25, 0.3) is 0 Å². The summed E-state index contributed by atoms with van der Waals surface area (Å²) < 4.78 is 43.1. The molecule has 0 atom stereocenters. The van der Waals surface area contributed by atoms with E-state index in [-0.39, 0.29) is 17.1 Å². The van der Waals surface area contributed by atoms with E-state index in [0.717, 1.165) is 18.5 Å². The average Bonchev–Trinajstić information content (AvgIpc) is 2.82. The summed E-state index contributed by atoms with van der Waals surface area (Å²) >= 11 is 5.54. The van der Waals surface area contributed by atoms with Gasteiger partial charge in [0.15, 0.2) is 6.39 Å². The highest BCUT2D eigenvalue weighted by Gasteiger charge is 2.34. The molecular formula is C12H8ClF3N2O2. The van der Waals surface area contributed by atoms with Crippen LogP contribution in [0, 0.1) is 0 Å². The van der Waals surface area contributed by atoms with Crippen molar-refractivity contribution in [3.8, 4) is 0 Å². The van der Waals surface area contributed by atoms with Crippen molar-refractivity contribution in [2.24, 2.45) is 0 Å². The number of anilines is 1. The second-order valence-corrected chi connectivity index (χ2v) is 4.33. The van der Waals surface area contributed by atoms with Crippen LogP contribution in [0.25, 0.3) is 0 Å². The van der Waals surface area contributed by atoms with Gasteiger partial charge in [0.05, 0.1) is 23.4 Å². The van der Waals surface area contributed by atoms with Crippen molar-refractivity contribution in [3.05, 3.63) is 47.1 Å². The Morgan fingerprint density at radius 1 is 1.40 bits per heavy atom. The van der Waals surface area contributed by atoms with Gasteiger partial charge in [0.1, 0.15) is 6.26 Å². The van der Waals surface area contributed by atoms with Crippen LogP contribution in [0.5, 0.6) is 0 Å². The number of carbonyl (C=O) groups is 1. The van der Waals surface area contributed by atoms with Gasteiger partial charge in [-0.2, -0.15) is 13.2 Å². The first-order valence-corrected chi connectivity index (χ1v) is 5.78. The number of oxazole rings is 1. The summed E-state index contributed by atoms with van der Waals surface area (Å²) in [6, 6.07) is 3.13. The highest BCUT2D eigenvalue weighted by molar-refractivity contribution is 6.30. The second-order valence-electron chi connectivity index (χ2n) is 3.89. The molecule has 0 radical (unpaired) electrons. The van der Waals surface area contributed by atoms with Gasteiger partial charge in [-0.05, 0) is 18.2 Å². The zero-order valence-electron chi connectivity index (χ0n) is 9.87. The quantitative estimate of drug-likeness (QED) is 0.944. The lowest BCUT2D eigenvalue weighted by atomic mass is 10.1. The molecule has 0 bridgehead atoms. The fourth-order valence-electron chi connectivity index (χ4n) is 1.54. The minimum absolute atomic E-state index is 0.0631. The van der Waals surface area contributed by atoms with E-state index in [1.807, 2.05) is 0 Å². The lowest BCUT2D eigenvalue weighted by Gasteiger charge is -2.13. The molecule has 1 N–H and O–H groups in total. The summed E-state index contributed by atoms with van der Waals surface area (Å²) in [4.78, 5) is 15.4. The third-order valence-corrected chi connectivity index (χ3v) is 2.62. The van der Waals surface area contributed by atoms with Crippen molar-refractivity contribution in [1.82, 2.24) is 4.98 Å². The first-order valence-electron chi connectivity index (χ1n) is 5.40. The fourth-order valence-corrected chi connectivity index (χ4v) is 1.72.